The molecule has 0 aromatic heterocycles. The molecule has 0 aliphatic rings. The molecule has 0 radical (unpaired) electrons. The highest BCUT2D eigenvalue weighted by Gasteiger charge is 2.06. The molecule has 1 amide bonds. The molecule has 3 N–H and O–H groups in total. The van der Waals surface area contributed by atoms with E-state index in [-0.39, 0.29) is 18.6 Å². The zero-order chi connectivity index (χ0) is 13.4. The van der Waals surface area contributed by atoms with Gasteiger partial charge in [0.2, 0.25) is 5.91 Å². The minimum Gasteiger partial charge on any atom is -0.392 e. The van der Waals surface area contributed by atoms with Crippen LogP contribution in [0, 0.1) is 0 Å². The first kappa shape index (κ1) is 15.1. The summed E-state index contributed by atoms with van der Waals surface area (Å²) in [6.07, 6.45) is 1.30. The molecule has 0 fully saturated rings. The molecule has 1 aromatic carbocycles. The highest BCUT2D eigenvalue weighted by atomic mass is 79.9. The number of anilines is 1. The molecule has 0 aliphatic heterocycles. The quantitative estimate of drug-likeness (QED) is 0.722. The Morgan fingerprint density at radius 2 is 2.17 bits per heavy atom. The Kier molecular flexibility index (Phi) is 6.93. The van der Waals surface area contributed by atoms with Crippen molar-refractivity contribution >= 4 is 27.5 Å². The Hall–Kier alpha value is -0.910. The van der Waals surface area contributed by atoms with E-state index in [4.69, 9.17) is 0 Å². The van der Waals surface area contributed by atoms with Crippen LogP contribution in [0.15, 0.2) is 28.7 Å². The fourth-order valence-corrected chi connectivity index (χ4v) is 1.93. The van der Waals surface area contributed by atoms with Gasteiger partial charge in [-0.2, -0.15) is 0 Å². The first-order chi connectivity index (χ1) is 8.63. The molecule has 1 atom stereocenters. The molecule has 0 bridgehead atoms. The van der Waals surface area contributed by atoms with Crippen LogP contribution >= 0.6 is 15.9 Å². The summed E-state index contributed by atoms with van der Waals surface area (Å²) in [7, 11) is 0. The Morgan fingerprint density at radius 1 is 1.44 bits per heavy atom. The Bertz CT molecular complexity index is 385. The maximum atomic E-state index is 11.6. The van der Waals surface area contributed by atoms with Gasteiger partial charge < -0.3 is 15.7 Å². The predicted molar refractivity (Wildman–Crippen MR) is 76.6 cm³/mol. The summed E-state index contributed by atoms with van der Waals surface area (Å²) in [5.41, 5.74) is 0.749. The first-order valence-corrected chi connectivity index (χ1v) is 6.86. The van der Waals surface area contributed by atoms with E-state index in [1.165, 1.54) is 0 Å². The van der Waals surface area contributed by atoms with E-state index in [0.29, 0.717) is 6.54 Å². The smallest absolute Gasteiger partial charge is 0.238 e. The predicted octanol–water partition coefficient (Wildman–Crippen LogP) is 2.14. The lowest BCUT2D eigenvalue weighted by atomic mass is 10.2. The van der Waals surface area contributed by atoms with Crippen molar-refractivity contribution in [2.24, 2.45) is 0 Å². The maximum absolute atomic E-state index is 11.6. The van der Waals surface area contributed by atoms with Crippen LogP contribution in [-0.4, -0.2) is 30.2 Å². The van der Waals surface area contributed by atoms with Gasteiger partial charge in [-0.15, -0.1) is 0 Å². The van der Waals surface area contributed by atoms with E-state index >= 15 is 0 Å². The van der Waals surface area contributed by atoms with Gasteiger partial charge >= 0.3 is 0 Å². The van der Waals surface area contributed by atoms with Gasteiger partial charge in [-0.25, -0.2) is 0 Å². The molecule has 0 heterocycles. The lowest BCUT2D eigenvalue weighted by Gasteiger charge is -2.11. The number of nitrogens with one attached hydrogen (secondary N) is 2. The lowest BCUT2D eigenvalue weighted by molar-refractivity contribution is -0.115. The van der Waals surface area contributed by atoms with Crippen molar-refractivity contribution in [3.63, 3.8) is 0 Å². The second-order valence-corrected chi connectivity index (χ2v) is 4.96. The van der Waals surface area contributed by atoms with Gasteiger partial charge in [-0.1, -0.05) is 25.5 Å². The molecular formula is C13H19BrN2O2. The number of amides is 1. The van der Waals surface area contributed by atoms with Crippen molar-refractivity contribution in [3.8, 4) is 0 Å². The number of hydrogen-bond acceptors (Lipinski definition) is 3. The average molecular weight is 315 g/mol. The van der Waals surface area contributed by atoms with E-state index in [0.717, 1.165) is 23.0 Å². The number of aliphatic hydroxyl groups excluding tert-OH is 1. The minimum atomic E-state index is -0.383. The van der Waals surface area contributed by atoms with Gasteiger partial charge in [-0.05, 0) is 34.5 Å². The number of rotatable bonds is 7. The number of carbonyl (C=O) groups excluding carboxylic acids is 1. The summed E-state index contributed by atoms with van der Waals surface area (Å²) in [4.78, 5) is 11.6. The van der Waals surface area contributed by atoms with E-state index in [1.807, 2.05) is 31.2 Å². The summed E-state index contributed by atoms with van der Waals surface area (Å²) in [5.74, 6) is -0.120. The monoisotopic (exact) mass is 314 g/mol. The second-order valence-electron chi connectivity index (χ2n) is 4.10. The molecule has 18 heavy (non-hydrogen) atoms. The number of para-hydroxylation sites is 1. The van der Waals surface area contributed by atoms with Crippen LogP contribution in [0.3, 0.4) is 0 Å². The Balaban J connectivity index is 2.28. The fraction of sp³-hybridized carbons (Fsp3) is 0.462. The molecule has 0 saturated heterocycles. The van der Waals surface area contributed by atoms with Gasteiger partial charge in [-0.3, -0.25) is 4.79 Å². The van der Waals surface area contributed by atoms with Crippen molar-refractivity contribution < 1.29 is 9.90 Å². The van der Waals surface area contributed by atoms with Crippen LogP contribution in [0.25, 0.3) is 0 Å². The van der Waals surface area contributed by atoms with Crippen molar-refractivity contribution in [1.29, 1.82) is 0 Å². The number of halogens is 1. The number of carbonyl (C=O) groups is 1. The van der Waals surface area contributed by atoms with Gasteiger partial charge in [0, 0.05) is 11.0 Å². The maximum Gasteiger partial charge on any atom is 0.238 e. The van der Waals surface area contributed by atoms with Crippen molar-refractivity contribution in [3.05, 3.63) is 28.7 Å². The number of aliphatic hydroxyl groups is 1. The molecule has 0 aliphatic carbocycles. The van der Waals surface area contributed by atoms with E-state index in [9.17, 15) is 9.90 Å². The van der Waals surface area contributed by atoms with Crippen LogP contribution < -0.4 is 10.6 Å². The van der Waals surface area contributed by atoms with E-state index in [1.54, 1.807) is 0 Å². The third kappa shape index (κ3) is 5.62. The topological polar surface area (TPSA) is 61.4 Å². The molecular weight excluding hydrogens is 296 g/mol. The summed E-state index contributed by atoms with van der Waals surface area (Å²) in [6, 6.07) is 7.44. The third-order valence-corrected chi connectivity index (χ3v) is 3.13. The van der Waals surface area contributed by atoms with Crippen LogP contribution in [0.5, 0.6) is 0 Å². The third-order valence-electron chi connectivity index (χ3n) is 2.44. The molecule has 1 rings (SSSR count). The minimum absolute atomic E-state index is 0.120. The summed E-state index contributed by atoms with van der Waals surface area (Å²) >= 11 is 3.36. The Morgan fingerprint density at radius 3 is 2.83 bits per heavy atom. The summed E-state index contributed by atoms with van der Waals surface area (Å²) in [5, 5.41) is 15.2. The van der Waals surface area contributed by atoms with Crippen LogP contribution in [0.1, 0.15) is 19.8 Å². The van der Waals surface area contributed by atoms with Gasteiger partial charge in [0.15, 0.2) is 0 Å². The van der Waals surface area contributed by atoms with Gasteiger partial charge in [0.05, 0.1) is 18.3 Å². The first-order valence-electron chi connectivity index (χ1n) is 6.06. The largest absolute Gasteiger partial charge is 0.392 e. The highest BCUT2D eigenvalue weighted by Crippen LogP contribution is 2.20. The molecule has 1 aromatic rings. The normalized spacial score (nSPS) is 12.2. The van der Waals surface area contributed by atoms with Crippen molar-refractivity contribution in [2.45, 2.75) is 25.9 Å². The van der Waals surface area contributed by atoms with E-state index in [2.05, 4.69) is 26.6 Å². The molecule has 5 heteroatoms. The summed E-state index contributed by atoms with van der Waals surface area (Å²) in [6.45, 7) is 2.65. The standard InChI is InChI=1S/C13H19BrN2O2/c1-2-5-10(17)8-15-9-13(18)16-12-7-4-3-6-11(12)14/h3-4,6-7,10,15,17H,2,5,8-9H2,1H3,(H,16,18). The molecule has 0 saturated carbocycles. The molecule has 1 unspecified atom stereocenters. The van der Waals surface area contributed by atoms with Crippen molar-refractivity contribution in [1.82, 2.24) is 5.32 Å². The van der Waals surface area contributed by atoms with Crippen molar-refractivity contribution in [2.75, 3.05) is 18.4 Å². The van der Waals surface area contributed by atoms with Crippen LogP contribution in [0.4, 0.5) is 5.69 Å². The van der Waals surface area contributed by atoms with Gasteiger partial charge in [0.1, 0.15) is 0 Å². The average Bonchev–Trinajstić information content (AvgIpc) is 2.32. The zero-order valence-corrected chi connectivity index (χ0v) is 12.0. The van der Waals surface area contributed by atoms with E-state index < -0.39 is 0 Å². The highest BCUT2D eigenvalue weighted by molar-refractivity contribution is 9.10. The van der Waals surface area contributed by atoms with Gasteiger partial charge in [0.25, 0.3) is 0 Å². The number of benzene rings is 1. The lowest BCUT2D eigenvalue weighted by Crippen LogP contribution is -2.33. The zero-order valence-electron chi connectivity index (χ0n) is 10.4. The fourth-order valence-electron chi connectivity index (χ4n) is 1.54. The summed E-state index contributed by atoms with van der Waals surface area (Å²) < 4.78 is 0.851. The molecule has 0 spiro atoms. The van der Waals surface area contributed by atoms with Crippen LogP contribution in [-0.2, 0) is 4.79 Å². The van der Waals surface area contributed by atoms with Crippen LogP contribution in [0.2, 0.25) is 0 Å². The second kappa shape index (κ2) is 8.24. The number of hydrogen-bond donors (Lipinski definition) is 3. The SMILES string of the molecule is CCCC(O)CNCC(=O)Nc1ccccc1Br. The molecule has 4 nitrogen and oxygen atoms in total. The Labute approximate surface area is 116 Å². The molecule has 100 valence electrons.